The number of ether oxygens (including phenoxy) is 1. The molecule has 7 nitrogen and oxygen atoms in total. The second-order valence-electron chi connectivity index (χ2n) is 7.61. The first-order chi connectivity index (χ1) is 13.1. The first-order valence-corrected chi connectivity index (χ1v) is 9.02. The molecule has 0 aliphatic heterocycles. The lowest BCUT2D eigenvalue weighted by atomic mass is 9.93. The van der Waals surface area contributed by atoms with Crippen molar-refractivity contribution in [3.05, 3.63) is 42.1 Å². The molecular formula is C21H26N4O3. The van der Waals surface area contributed by atoms with Crippen molar-refractivity contribution in [2.24, 2.45) is 11.7 Å². The van der Waals surface area contributed by atoms with E-state index in [0.29, 0.717) is 29.7 Å². The molecular weight excluding hydrogens is 356 g/mol. The van der Waals surface area contributed by atoms with Crippen LogP contribution in [-0.4, -0.2) is 35.4 Å². The van der Waals surface area contributed by atoms with Gasteiger partial charge in [0.1, 0.15) is 24.2 Å². The lowest BCUT2D eigenvalue weighted by molar-refractivity contribution is 0.203. The fourth-order valence-corrected chi connectivity index (χ4v) is 3.04. The molecule has 148 valence electrons. The van der Waals surface area contributed by atoms with Crippen LogP contribution in [0.5, 0.6) is 5.75 Å². The summed E-state index contributed by atoms with van der Waals surface area (Å²) in [5, 5.41) is 18.6. The number of hydrogen-bond donors (Lipinski definition) is 2. The fourth-order valence-electron chi connectivity index (χ4n) is 3.04. The highest BCUT2D eigenvalue weighted by molar-refractivity contribution is 5.85. The number of carboxylic acid groups (broad SMARTS) is 1. The van der Waals surface area contributed by atoms with Crippen LogP contribution in [0, 0.1) is 17.2 Å². The Bertz CT molecular complexity index is 887. The quantitative estimate of drug-likeness (QED) is 0.751. The Hall–Kier alpha value is -3.11. The standard InChI is InChI=1S/C21H26N4O3/c1-14(2)11-21(3,23)13-28-18-6-5-15(9-17(18)12-22)16-7-8-24-19(10-16)25(4)20(26)27/h5-10,14H,11,13,23H2,1-4H3,(H,26,27). The number of rotatable bonds is 7. The Balaban J connectivity index is 2.25. The maximum atomic E-state index is 11.1. The fraction of sp³-hybridized carbons (Fsp3) is 0.381. The highest BCUT2D eigenvalue weighted by atomic mass is 16.5. The van der Waals surface area contributed by atoms with Gasteiger partial charge in [0.05, 0.1) is 5.56 Å². The van der Waals surface area contributed by atoms with E-state index in [-0.39, 0.29) is 0 Å². The van der Waals surface area contributed by atoms with Crippen molar-refractivity contribution in [1.29, 1.82) is 5.26 Å². The maximum Gasteiger partial charge on any atom is 0.412 e. The van der Waals surface area contributed by atoms with Gasteiger partial charge in [-0.05, 0) is 54.7 Å². The largest absolute Gasteiger partial charge is 0.490 e. The summed E-state index contributed by atoms with van der Waals surface area (Å²) in [4.78, 5) is 16.2. The first kappa shape index (κ1) is 21.2. The molecule has 0 radical (unpaired) electrons. The highest BCUT2D eigenvalue weighted by Gasteiger charge is 2.22. The van der Waals surface area contributed by atoms with Gasteiger partial charge in [0.25, 0.3) is 0 Å². The molecule has 28 heavy (non-hydrogen) atoms. The summed E-state index contributed by atoms with van der Waals surface area (Å²) in [5.74, 6) is 1.22. The number of nitrogens with zero attached hydrogens (tertiary/aromatic N) is 3. The second-order valence-corrected chi connectivity index (χ2v) is 7.61. The third-order valence-electron chi connectivity index (χ3n) is 4.24. The monoisotopic (exact) mass is 382 g/mol. The Morgan fingerprint density at radius 2 is 2.04 bits per heavy atom. The average Bonchev–Trinajstić information content (AvgIpc) is 2.64. The van der Waals surface area contributed by atoms with Crippen LogP contribution in [0.15, 0.2) is 36.5 Å². The molecule has 0 saturated carbocycles. The molecule has 1 aromatic heterocycles. The van der Waals surface area contributed by atoms with E-state index in [1.165, 1.54) is 13.2 Å². The van der Waals surface area contributed by atoms with E-state index in [1.54, 1.807) is 24.3 Å². The third-order valence-corrected chi connectivity index (χ3v) is 4.24. The molecule has 1 amide bonds. The lowest BCUT2D eigenvalue weighted by Gasteiger charge is -2.26. The zero-order valence-corrected chi connectivity index (χ0v) is 16.6. The number of benzene rings is 1. The summed E-state index contributed by atoms with van der Waals surface area (Å²) in [6.07, 6.45) is 1.24. The van der Waals surface area contributed by atoms with Gasteiger partial charge in [0, 0.05) is 18.8 Å². The Labute approximate surface area is 165 Å². The van der Waals surface area contributed by atoms with Crippen molar-refractivity contribution in [2.45, 2.75) is 32.7 Å². The minimum Gasteiger partial charge on any atom is -0.490 e. The molecule has 3 N–H and O–H groups in total. The second kappa shape index (κ2) is 8.72. The van der Waals surface area contributed by atoms with Gasteiger partial charge in [-0.2, -0.15) is 5.26 Å². The van der Waals surface area contributed by atoms with Crippen LogP contribution in [-0.2, 0) is 0 Å². The topological polar surface area (TPSA) is 112 Å². The zero-order valence-electron chi connectivity index (χ0n) is 16.6. The Kier molecular flexibility index (Phi) is 6.60. The van der Waals surface area contributed by atoms with E-state index in [4.69, 9.17) is 15.6 Å². The molecule has 1 unspecified atom stereocenters. The minimum absolute atomic E-state index is 0.302. The molecule has 7 heteroatoms. The number of pyridine rings is 1. The van der Waals surface area contributed by atoms with Crippen LogP contribution < -0.4 is 15.4 Å². The maximum absolute atomic E-state index is 11.1. The summed E-state index contributed by atoms with van der Waals surface area (Å²) >= 11 is 0. The van der Waals surface area contributed by atoms with E-state index in [9.17, 15) is 10.1 Å². The zero-order chi connectivity index (χ0) is 20.9. The molecule has 0 aliphatic rings. The van der Waals surface area contributed by atoms with Gasteiger partial charge >= 0.3 is 6.09 Å². The van der Waals surface area contributed by atoms with E-state index in [0.717, 1.165) is 22.4 Å². The van der Waals surface area contributed by atoms with Crippen LogP contribution in [0.1, 0.15) is 32.8 Å². The van der Waals surface area contributed by atoms with Crippen LogP contribution >= 0.6 is 0 Å². The van der Waals surface area contributed by atoms with E-state index in [2.05, 4.69) is 24.9 Å². The number of anilines is 1. The van der Waals surface area contributed by atoms with Crippen molar-refractivity contribution in [3.8, 4) is 22.9 Å². The molecule has 0 saturated heterocycles. The number of carbonyl (C=O) groups is 1. The van der Waals surface area contributed by atoms with Crippen molar-refractivity contribution in [3.63, 3.8) is 0 Å². The highest BCUT2D eigenvalue weighted by Crippen LogP contribution is 2.28. The van der Waals surface area contributed by atoms with Crippen molar-refractivity contribution < 1.29 is 14.6 Å². The molecule has 0 fully saturated rings. The van der Waals surface area contributed by atoms with Crippen LogP contribution in [0.4, 0.5) is 10.6 Å². The molecule has 0 spiro atoms. The predicted molar refractivity (Wildman–Crippen MR) is 108 cm³/mol. The number of nitrogens with two attached hydrogens (primary N) is 1. The summed E-state index contributed by atoms with van der Waals surface area (Å²) in [6, 6.07) is 10.8. The SMILES string of the molecule is CC(C)CC(C)(N)COc1ccc(-c2ccnc(N(C)C(=O)O)c2)cc1C#N. The van der Waals surface area contributed by atoms with Crippen LogP contribution in [0.2, 0.25) is 0 Å². The molecule has 1 atom stereocenters. The first-order valence-electron chi connectivity index (χ1n) is 9.02. The van der Waals surface area contributed by atoms with Gasteiger partial charge < -0.3 is 15.6 Å². The molecule has 1 aromatic carbocycles. The van der Waals surface area contributed by atoms with Gasteiger partial charge in [-0.1, -0.05) is 19.9 Å². The van der Waals surface area contributed by atoms with Gasteiger partial charge in [0.15, 0.2) is 0 Å². The average molecular weight is 382 g/mol. The van der Waals surface area contributed by atoms with Gasteiger partial charge in [-0.15, -0.1) is 0 Å². The summed E-state index contributed by atoms with van der Waals surface area (Å²) in [6.45, 7) is 6.45. The minimum atomic E-state index is -1.10. The number of nitriles is 1. The van der Waals surface area contributed by atoms with Gasteiger partial charge in [0.2, 0.25) is 0 Å². The number of aromatic nitrogens is 1. The summed E-state index contributed by atoms with van der Waals surface area (Å²) < 4.78 is 5.83. The van der Waals surface area contributed by atoms with Crippen molar-refractivity contribution >= 4 is 11.9 Å². The lowest BCUT2D eigenvalue weighted by Crippen LogP contribution is -2.43. The van der Waals surface area contributed by atoms with E-state index in [1.807, 2.05) is 13.0 Å². The smallest absolute Gasteiger partial charge is 0.412 e. The molecule has 2 aromatic rings. The third kappa shape index (κ3) is 5.44. The van der Waals surface area contributed by atoms with E-state index >= 15 is 0 Å². The summed E-state index contributed by atoms with van der Waals surface area (Å²) in [7, 11) is 1.42. The van der Waals surface area contributed by atoms with Crippen LogP contribution in [0.25, 0.3) is 11.1 Å². The predicted octanol–water partition coefficient (Wildman–Crippen LogP) is 3.88. The molecule has 0 aliphatic carbocycles. The molecule has 1 heterocycles. The molecule has 2 rings (SSSR count). The number of amides is 1. The van der Waals surface area contributed by atoms with Gasteiger partial charge in [-0.25, -0.2) is 9.78 Å². The molecule has 0 bridgehead atoms. The Morgan fingerprint density at radius 1 is 1.36 bits per heavy atom. The van der Waals surface area contributed by atoms with Crippen molar-refractivity contribution in [1.82, 2.24) is 4.98 Å². The van der Waals surface area contributed by atoms with Gasteiger partial charge in [-0.3, -0.25) is 4.90 Å². The van der Waals surface area contributed by atoms with Crippen molar-refractivity contribution in [2.75, 3.05) is 18.6 Å². The Morgan fingerprint density at radius 3 is 2.64 bits per heavy atom. The summed E-state index contributed by atoms with van der Waals surface area (Å²) in [5.41, 5.74) is 7.71. The van der Waals surface area contributed by atoms with Crippen LogP contribution in [0.3, 0.4) is 0 Å². The van der Waals surface area contributed by atoms with E-state index < -0.39 is 11.6 Å². The number of hydrogen-bond acceptors (Lipinski definition) is 5. The normalized spacial score (nSPS) is 12.9.